The minimum atomic E-state index is 0.319. The Bertz CT molecular complexity index is 266. The van der Waals surface area contributed by atoms with Crippen LogP contribution in [0.5, 0.6) is 0 Å². The normalized spacial score (nSPS) is 41.0. The van der Waals surface area contributed by atoms with Gasteiger partial charge in [0.25, 0.3) is 0 Å². The third-order valence-corrected chi connectivity index (χ3v) is 5.72. The standard InChI is InChI=1S/C16H32N2/c1-12-7-9-13(10-8-12)18(4)14-6-5-11-16(2,3)15(14)17/h12-15H,5-11,17H2,1-4H3. The summed E-state index contributed by atoms with van der Waals surface area (Å²) < 4.78 is 0. The molecule has 2 saturated carbocycles. The Balaban J connectivity index is 1.97. The topological polar surface area (TPSA) is 29.3 Å². The number of likely N-dealkylation sites (N-methyl/N-ethyl adjacent to an activating group) is 1. The molecule has 0 aliphatic heterocycles. The Morgan fingerprint density at radius 2 is 1.67 bits per heavy atom. The Morgan fingerprint density at radius 1 is 1.06 bits per heavy atom. The molecule has 18 heavy (non-hydrogen) atoms. The fourth-order valence-electron chi connectivity index (χ4n) is 4.01. The second kappa shape index (κ2) is 5.50. The lowest BCUT2D eigenvalue weighted by Gasteiger charge is -2.48. The van der Waals surface area contributed by atoms with Crippen LogP contribution in [0.2, 0.25) is 0 Å². The number of hydrogen-bond donors (Lipinski definition) is 1. The summed E-state index contributed by atoms with van der Waals surface area (Å²) in [5.74, 6) is 0.936. The summed E-state index contributed by atoms with van der Waals surface area (Å²) >= 11 is 0. The summed E-state index contributed by atoms with van der Waals surface area (Å²) in [6, 6.07) is 1.73. The average molecular weight is 252 g/mol. The zero-order chi connectivity index (χ0) is 13.3. The van der Waals surface area contributed by atoms with Gasteiger partial charge in [-0.15, -0.1) is 0 Å². The number of nitrogens with two attached hydrogens (primary N) is 1. The average Bonchev–Trinajstić information content (AvgIpc) is 2.33. The number of hydrogen-bond acceptors (Lipinski definition) is 2. The van der Waals surface area contributed by atoms with Crippen LogP contribution in [0.25, 0.3) is 0 Å². The van der Waals surface area contributed by atoms with Gasteiger partial charge in [0.2, 0.25) is 0 Å². The molecule has 0 heterocycles. The van der Waals surface area contributed by atoms with E-state index in [0.717, 1.165) is 12.0 Å². The van der Waals surface area contributed by atoms with Gasteiger partial charge < -0.3 is 5.73 Å². The molecule has 0 aromatic carbocycles. The molecule has 2 aliphatic rings. The van der Waals surface area contributed by atoms with Crippen molar-refractivity contribution in [3.8, 4) is 0 Å². The summed E-state index contributed by atoms with van der Waals surface area (Å²) in [7, 11) is 2.33. The van der Waals surface area contributed by atoms with E-state index in [1.54, 1.807) is 0 Å². The third-order valence-electron chi connectivity index (χ3n) is 5.72. The van der Waals surface area contributed by atoms with E-state index in [1.807, 2.05) is 0 Å². The fourth-order valence-corrected chi connectivity index (χ4v) is 4.01. The van der Waals surface area contributed by atoms with Gasteiger partial charge in [0.15, 0.2) is 0 Å². The largest absolute Gasteiger partial charge is 0.326 e. The number of nitrogens with zero attached hydrogens (tertiary/aromatic N) is 1. The van der Waals surface area contributed by atoms with Crippen molar-refractivity contribution in [1.82, 2.24) is 4.90 Å². The van der Waals surface area contributed by atoms with Gasteiger partial charge >= 0.3 is 0 Å². The molecule has 2 fully saturated rings. The first-order valence-corrected chi connectivity index (χ1v) is 7.89. The Morgan fingerprint density at radius 3 is 2.28 bits per heavy atom. The highest BCUT2D eigenvalue weighted by molar-refractivity contribution is 4.97. The van der Waals surface area contributed by atoms with Crippen LogP contribution in [0.3, 0.4) is 0 Å². The van der Waals surface area contributed by atoms with Crippen LogP contribution in [0.1, 0.15) is 65.7 Å². The predicted molar refractivity (Wildman–Crippen MR) is 78.6 cm³/mol. The lowest BCUT2D eigenvalue weighted by atomic mass is 9.70. The molecule has 2 heteroatoms. The molecule has 2 atom stereocenters. The molecule has 106 valence electrons. The van der Waals surface area contributed by atoms with Gasteiger partial charge in [-0.05, 0) is 56.9 Å². The molecule has 2 aliphatic carbocycles. The van der Waals surface area contributed by atoms with E-state index >= 15 is 0 Å². The molecule has 0 saturated heterocycles. The van der Waals surface area contributed by atoms with E-state index < -0.39 is 0 Å². The van der Waals surface area contributed by atoms with Gasteiger partial charge in [-0.25, -0.2) is 0 Å². The zero-order valence-electron chi connectivity index (χ0n) is 12.8. The maximum atomic E-state index is 6.55. The van der Waals surface area contributed by atoms with E-state index in [2.05, 4.69) is 32.7 Å². The van der Waals surface area contributed by atoms with Crippen LogP contribution in [-0.4, -0.2) is 30.1 Å². The van der Waals surface area contributed by atoms with Gasteiger partial charge in [0.1, 0.15) is 0 Å². The molecule has 2 nitrogen and oxygen atoms in total. The summed E-state index contributed by atoms with van der Waals surface area (Å²) in [5.41, 5.74) is 6.87. The van der Waals surface area contributed by atoms with E-state index in [4.69, 9.17) is 5.73 Å². The van der Waals surface area contributed by atoms with Crippen LogP contribution >= 0.6 is 0 Å². The second-order valence-corrected chi connectivity index (χ2v) is 7.55. The van der Waals surface area contributed by atoms with E-state index in [0.29, 0.717) is 17.5 Å². The summed E-state index contributed by atoms with van der Waals surface area (Å²) in [4.78, 5) is 2.64. The van der Waals surface area contributed by atoms with Crippen molar-refractivity contribution in [1.29, 1.82) is 0 Å². The highest BCUT2D eigenvalue weighted by Crippen LogP contribution is 2.38. The zero-order valence-corrected chi connectivity index (χ0v) is 12.8. The van der Waals surface area contributed by atoms with E-state index in [9.17, 15) is 0 Å². The first-order valence-electron chi connectivity index (χ1n) is 7.89. The second-order valence-electron chi connectivity index (χ2n) is 7.55. The SMILES string of the molecule is CC1CCC(N(C)C2CCCC(C)(C)C2N)CC1. The lowest BCUT2D eigenvalue weighted by molar-refractivity contribution is 0.0416. The molecule has 2 unspecified atom stereocenters. The van der Waals surface area contributed by atoms with Gasteiger partial charge in [-0.2, -0.15) is 0 Å². The Labute approximate surface area is 113 Å². The van der Waals surface area contributed by atoms with Crippen LogP contribution in [0.4, 0.5) is 0 Å². The highest BCUT2D eigenvalue weighted by atomic mass is 15.2. The quantitative estimate of drug-likeness (QED) is 0.816. The minimum Gasteiger partial charge on any atom is -0.326 e. The minimum absolute atomic E-state index is 0.319. The Kier molecular flexibility index (Phi) is 4.38. The van der Waals surface area contributed by atoms with Gasteiger partial charge in [0.05, 0.1) is 0 Å². The predicted octanol–water partition coefficient (Wildman–Crippen LogP) is 3.40. The van der Waals surface area contributed by atoms with Gasteiger partial charge in [0, 0.05) is 18.1 Å². The fraction of sp³-hybridized carbons (Fsp3) is 1.00. The third kappa shape index (κ3) is 2.91. The van der Waals surface area contributed by atoms with Gasteiger partial charge in [-0.1, -0.05) is 27.2 Å². The van der Waals surface area contributed by atoms with Crippen molar-refractivity contribution in [2.24, 2.45) is 17.1 Å². The maximum absolute atomic E-state index is 6.55. The van der Waals surface area contributed by atoms with Crippen molar-refractivity contribution in [3.63, 3.8) is 0 Å². The molecule has 0 amide bonds. The van der Waals surface area contributed by atoms with Crippen LogP contribution in [0.15, 0.2) is 0 Å². The van der Waals surface area contributed by atoms with Crippen LogP contribution in [-0.2, 0) is 0 Å². The lowest BCUT2D eigenvalue weighted by Crippen LogP contribution is -2.58. The molecule has 0 aromatic rings. The molecule has 0 radical (unpaired) electrons. The van der Waals surface area contributed by atoms with Crippen molar-refractivity contribution in [3.05, 3.63) is 0 Å². The Hall–Kier alpha value is -0.0800. The molecular weight excluding hydrogens is 220 g/mol. The summed E-state index contributed by atoms with van der Waals surface area (Å²) in [6.07, 6.45) is 9.50. The van der Waals surface area contributed by atoms with E-state index in [-0.39, 0.29) is 0 Å². The van der Waals surface area contributed by atoms with Crippen molar-refractivity contribution >= 4 is 0 Å². The molecule has 2 rings (SSSR count). The molecule has 0 bridgehead atoms. The smallest absolute Gasteiger partial charge is 0.0252 e. The monoisotopic (exact) mass is 252 g/mol. The van der Waals surface area contributed by atoms with Crippen molar-refractivity contribution < 1.29 is 0 Å². The highest BCUT2D eigenvalue weighted by Gasteiger charge is 2.40. The van der Waals surface area contributed by atoms with Crippen LogP contribution in [0, 0.1) is 11.3 Å². The summed E-state index contributed by atoms with van der Waals surface area (Å²) in [6.45, 7) is 7.09. The van der Waals surface area contributed by atoms with Gasteiger partial charge in [-0.3, -0.25) is 4.90 Å². The molecule has 0 spiro atoms. The maximum Gasteiger partial charge on any atom is 0.0252 e. The summed E-state index contributed by atoms with van der Waals surface area (Å²) in [5, 5.41) is 0. The molecular formula is C16H32N2. The first kappa shape index (κ1) is 14.3. The first-order chi connectivity index (χ1) is 8.42. The van der Waals surface area contributed by atoms with Crippen molar-refractivity contribution in [2.75, 3.05) is 7.05 Å². The number of rotatable bonds is 2. The molecule has 0 aromatic heterocycles. The van der Waals surface area contributed by atoms with E-state index in [1.165, 1.54) is 44.9 Å². The molecule has 2 N–H and O–H groups in total. The van der Waals surface area contributed by atoms with Crippen molar-refractivity contribution in [2.45, 2.75) is 83.8 Å². The van der Waals surface area contributed by atoms with Crippen LogP contribution < -0.4 is 5.73 Å².